The third-order valence-corrected chi connectivity index (χ3v) is 4.75. The van der Waals surface area contributed by atoms with Gasteiger partial charge >= 0.3 is 0 Å². The van der Waals surface area contributed by atoms with E-state index in [0.29, 0.717) is 24.5 Å². The molecule has 3 aliphatic rings. The third kappa shape index (κ3) is 2.69. The number of fused-ring (bicyclic) bond motifs is 2. The molecule has 0 aromatic rings. The highest BCUT2D eigenvalue weighted by Gasteiger charge is 2.41. The second-order valence-electron chi connectivity index (χ2n) is 6.28. The third-order valence-electron chi connectivity index (χ3n) is 4.75. The van der Waals surface area contributed by atoms with Crippen LogP contribution in [0.1, 0.15) is 51.4 Å². The van der Waals surface area contributed by atoms with Gasteiger partial charge in [-0.15, -0.1) is 0 Å². The molecule has 102 valence electrons. The molecule has 3 rings (SSSR count). The summed E-state index contributed by atoms with van der Waals surface area (Å²) in [5, 5.41) is 3.17. The molecule has 4 heteroatoms. The maximum absolute atomic E-state index is 12.0. The van der Waals surface area contributed by atoms with Crippen LogP contribution in [0.4, 0.5) is 0 Å². The van der Waals surface area contributed by atoms with Gasteiger partial charge in [-0.25, -0.2) is 0 Å². The first-order chi connectivity index (χ1) is 8.70. The van der Waals surface area contributed by atoms with Crippen molar-refractivity contribution >= 4 is 5.91 Å². The van der Waals surface area contributed by atoms with Crippen LogP contribution in [0.5, 0.6) is 0 Å². The zero-order valence-corrected chi connectivity index (χ0v) is 10.9. The van der Waals surface area contributed by atoms with Crippen LogP contribution in [0.3, 0.4) is 0 Å². The van der Waals surface area contributed by atoms with Crippen molar-refractivity contribution in [1.29, 1.82) is 0 Å². The number of carbonyl (C=O) groups is 1. The van der Waals surface area contributed by atoms with Crippen molar-refractivity contribution in [2.24, 2.45) is 11.7 Å². The van der Waals surface area contributed by atoms with E-state index >= 15 is 0 Å². The van der Waals surface area contributed by atoms with Gasteiger partial charge in [-0.2, -0.15) is 0 Å². The van der Waals surface area contributed by atoms with Crippen molar-refractivity contribution in [3.8, 4) is 0 Å². The molecule has 1 saturated carbocycles. The zero-order valence-electron chi connectivity index (χ0n) is 10.9. The minimum Gasteiger partial charge on any atom is -0.373 e. The Morgan fingerprint density at radius 2 is 2.11 bits per heavy atom. The fourth-order valence-corrected chi connectivity index (χ4v) is 3.84. The van der Waals surface area contributed by atoms with E-state index in [4.69, 9.17) is 10.5 Å². The van der Waals surface area contributed by atoms with E-state index in [1.165, 1.54) is 12.8 Å². The minimum atomic E-state index is 0.204. The summed E-state index contributed by atoms with van der Waals surface area (Å²) in [6, 6.07) is 0.580. The fraction of sp³-hybridized carbons (Fsp3) is 0.929. The van der Waals surface area contributed by atoms with Crippen LogP contribution < -0.4 is 11.1 Å². The van der Waals surface area contributed by atoms with Gasteiger partial charge in [0.1, 0.15) is 0 Å². The van der Waals surface area contributed by atoms with Crippen LogP contribution in [0.25, 0.3) is 0 Å². The van der Waals surface area contributed by atoms with Gasteiger partial charge in [0.2, 0.25) is 5.91 Å². The second kappa shape index (κ2) is 5.17. The number of nitrogens with two attached hydrogens (primary N) is 1. The van der Waals surface area contributed by atoms with Crippen molar-refractivity contribution in [2.75, 3.05) is 0 Å². The van der Waals surface area contributed by atoms with E-state index in [0.717, 1.165) is 32.1 Å². The normalized spacial score (nSPS) is 43.1. The number of nitrogens with one attached hydrogen (secondary N) is 1. The first kappa shape index (κ1) is 12.4. The van der Waals surface area contributed by atoms with Gasteiger partial charge in [0, 0.05) is 12.5 Å². The van der Waals surface area contributed by atoms with Gasteiger partial charge in [0.15, 0.2) is 0 Å². The molecule has 3 fully saturated rings. The summed E-state index contributed by atoms with van der Waals surface area (Å²) in [6.45, 7) is 0. The number of hydrogen-bond donors (Lipinski definition) is 2. The standard InChI is InChI=1S/C14H24N2O2/c15-10-3-1-2-9(6-10)7-14(17)16-12-8-11-4-5-13(12)18-11/h9-13H,1-8,15H2,(H,16,17). The molecular formula is C14H24N2O2. The Bertz CT molecular complexity index is 321. The molecule has 2 bridgehead atoms. The Balaban J connectivity index is 1.44. The molecule has 1 amide bonds. The summed E-state index contributed by atoms with van der Waals surface area (Å²) in [5.74, 6) is 0.698. The highest BCUT2D eigenvalue weighted by atomic mass is 16.5. The molecule has 4 nitrogen and oxygen atoms in total. The molecule has 1 aliphatic carbocycles. The molecule has 2 saturated heterocycles. The van der Waals surface area contributed by atoms with Gasteiger partial charge in [-0.3, -0.25) is 4.79 Å². The number of hydrogen-bond acceptors (Lipinski definition) is 3. The average molecular weight is 252 g/mol. The lowest BCUT2D eigenvalue weighted by Crippen LogP contribution is -2.42. The Labute approximate surface area is 109 Å². The molecular weight excluding hydrogens is 228 g/mol. The number of carbonyl (C=O) groups excluding carboxylic acids is 1. The molecule has 3 N–H and O–H groups in total. The van der Waals surface area contributed by atoms with Gasteiger partial charge in [0.05, 0.1) is 18.2 Å². The maximum atomic E-state index is 12.0. The van der Waals surface area contributed by atoms with Gasteiger partial charge in [-0.05, 0) is 44.4 Å². The van der Waals surface area contributed by atoms with Crippen LogP contribution >= 0.6 is 0 Å². The lowest BCUT2D eigenvalue weighted by molar-refractivity contribution is -0.123. The Morgan fingerprint density at radius 3 is 2.78 bits per heavy atom. The number of amides is 1. The number of rotatable bonds is 3. The maximum Gasteiger partial charge on any atom is 0.220 e. The molecule has 0 aromatic heterocycles. The molecule has 5 atom stereocenters. The van der Waals surface area contributed by atoms with E-state index in [-0.39, 0.29) is 18.1 Å². The first-order valence-corrected chi connectivity index (χ1v) is 7.41. The van der Waals surface area contributed by atoms with Crippen molar-refractivity contribution in [2.45, 2.75) is 75.7 Å². The number of ether oxygens (including phenoxy) is 1. The molecule has 2 aliphatic heterocycles. The monoisotopic (exact) mass is 252 g/mol. The SMILES string of the molecule is NC1CCCC(CC(=O)NC2CC3CCC2O3)C1. The van der Waals surface area contributed by atoms with Crippen LogP contribution in [0.15, 0.2) is 0 Å². The predicted octanol–water partition coefficient (Wildman–Crippen LogP) is 1.33. The lowest BCUT2D eigenvalue weighted by Gasteiger charge is -2.27. The molecule has 18 heavy (non-hydrogen) atoms. The topological polar surface area (TPSA) is 64.4 Å². The van der Waals surface area contributed by atoms with Gasteiger partial charge < -0.3 is 15.8 Å². The minimum absolute atomic E-state index is 0.204. The molecule has 0 aromatic carbocycles. The van der Waals surface area contributed by atoms with Crippen molar-refractivity contribution < 1.29 is 9.53 Å². The summed E-state index contributed by atoms with van der Waals surface area (Å²) in [7, 11) is 0. The molecule has 0 spiro atoms. The Hall–Kier alpha value is -0.610. The van der Waals surface area contributed by atoms with Gasteiger partial charge in [0.25, 0.3) is 0 Å². The van der Waals surface area contributed by atoms with Crippen LogP contribution in [0.2, 0.25) is 0 Å². The van der Waals surface area contributed by atoms with E-state index in [1.54, 1.807) is 0 Å². The van der Waals surface area contributed by atoms with Crippen LogP contribution in [-0.2, 0) is 9.53 Å². The Morgan fingerprint density at radius 1 is 1.22 bits per heavy atom. The summed E-state index contributed by atoms with van der Waals surface area (Å²) in [6.07, 6.45) is 9.13. The second-order valence-corrected chi connectivity index (χ2v) is 6.28. The summed E-state index contributed by atoms with van der Waals surface area (Å²) < 4.78 is 5.76. The largest absolute Gasteiger partial charge is 0.373 e. The summed E-state index contributed by atoms with van der Waals surface area (Å²) in [4.78, 5) is 12.0. The smallest absolute Gasteiger partial charge is 0.220 e. The van der Waals surface area contributed by atoms with E-state index in [2.05, 4.69) is 5.32 Å². The molecule has 2 heterocycles. The summed E-state index contributed by atoms with van der Waals surface area (Å²) in [5.41, 5.74) is 5.96. The molecule has 5 unspecified atom stereocenters. The summed E-state index contributed by atoms with van der Waals surface area (Å²) >= 11 is 0. The average Bonchev–Trinajstić information content (AvgIpc) is 2.90. The van der Waals surface area contributed by atoms with Crippen LogP contribution in [-0.4, -0.2) is 30.2 Å². The van der Waals surface area contributed by atoms with Crippen molar-refractivity contribution in [1.82, 2.24) is 5.32 Å². The van der Waals surface area contributed by atoms with E-state index in [1.807, 2.05) is 0 Å². The fourth-order valence-electron chi connectivity index (χ4n) is 3.84. The highest BCUT2D eigenvalue weighted by molar-refractivity contribution is 5.76. The van der Waals surface area contributed by atoms with E-state index < -0.39 is 0 Å². The van der Waals surface area contributed by atoms with Crippen molar-refractivity contribution in [3.05, 3.63) is 0 Å². The van der Waals surface area contributed by atoms with Crippen molar-refractivity contribution in [3.63, 3.8) is 0 Å². The predicted molar refractivity (Wildman–Crippen MR) is 69.0 cm³/mol. The highest BCUT2D eigenvalue weighted by Crippen LogP contribution is 2.34. The zero-order chi connectivity index (χ0) is 12.5. The first-order valence-electron chi connectivity index (χ1n) is 7.41. The van der Waals surface area contributed by atoms with Crippen LogP contribution in [0, 0.1) is 5.92 Å². The van der Waals surface area contributed by atoms with E-state index in [9.17, 15) is 4.79 Å². The lowest BCUT2D eigenvalue weighted by atomic mass is 9.84. The quantitative estimate of drug-likeness (QED) is 0.796. The molecule has 0 radical (unpaired) electrons. The Kier molecular flexibility index (Phi) is 3.57. The van der Waals surface area contributed by atoms with Gasteiger partial charge in [-0.1, -0.05) is 6.42 Å².